The van der Waals surface area contributed by atoms with Crippen LogP contribution in [0.15, 0.2) is 18.2 Å². The van der Waals surface area contributed by atoms with Gasteiger partial charge < -0.3 is 10.1 Å². The molecule has 20 heavy (non-hydrogen) atoms. The molecule has 1 fully saturated rings. The number of aldehydes is 1. The summed E-state index contributed by atoms with van der Waals surface area (Å²) < 4.78 is 0. The molecule has 1 amide bonds. The lowest BCUT2D eigenvalue weighted by Gasteiger charge is -2.31. The van der Waals surface area contributed by atoms with E-state index < -0.39 is 0 Å². The second-order valence-corrected chi connectivity index (χ2v) is 5.52. The lowest BCUT2D eigenvalue weighted by molar-refractivity contribution is -0.120. The van der Waals surface area contributed by atoms with Gasteiger partial charge in [-0.3, -0.25) is 9.69 Å². The first-order valence-corrected chi connectivity index (χ1v) is 7.16. The maximum Gasteiger partial charge on any atom is 0.238 e. The van der Waals surface area contributed by atoms with Crippen LogP contribution in [0.25, 0.3) is 0 Å². The number of likely N-dealkylation sites (tertiary alicyclic amines) is 1. The van der Waals surface area contributed by atoms with E-state index in [0.717, 1.165) is 43.3 Å². The molecule has 0 aromatic heterocycles. The number of hydrogen-bond acceptors (Lipinski definition) is 3. The van der Waals surface area contributed by atoms with Crippen molar-refractivity contribution in [3.63, 3.8) is 0 Å². The molecule has 0 aliphatic carbocycles. The average Bonchev–Trinajstić information content (AvgIpc) is 2.43. The average molecular weight is 274 g/mol. The Kier molecular flexibility index (Phi) is 4.90. The maximum atomic E-state index is 12.1. The summed E-state index contributed by atoms with van der Waals surface area (Å²) in [4.78, 5) is 25.1. The molecule has 1 N–H and O–H groups in total. The van der Waals surface area contributed by atoms with Crippen molar-refractivity contribution < 1.29 is 9.59 Å². The number of anilines is 1. The molecule has 1 heterocycles. The molecule has 1 aromatic rings. The molecule has 0 saturated carbocycles. The molecule has 1 aliphatic rings. The van der Waals surface area contributed by atoms with Gasteiger partial charge in [0.25, 0.3) is 0 Å². The van der Waals surface area contributed by atoms with Gasteiger partial charge in [0.05, 0.1) is 12.6 Å². The molecule has 0 bridgehead atoms. The number of benzene rings is 1. The van der Waals surface area contributed by atoms with Gasteiger partial charge in [-0.15, -0.1) is 0 Å². The van der Waals surface area contributed by atoms with Gasteiger partial charge in [-0.1, -0.05) is 12.5 Å². The summed E-state index contributed by atoms with van der Waals surface area (Å²) in [5.74, 6) is -0.0537. The van der Waals surface area contributed by atoms with Crippen LogP contribution in [-0.2, 0) is 9.59 Å². The molecule has 1 aliphatic heterocycles. The first-order chi connectivity index (χ1) is 9.60. The summed E-state index contributed by atoms with van der Waals surface area (Å²) in [6.45, 7) is 5.18. The number of amides is 1. The van der Waals surface area contributed by atoms with E-state index in [1.807, 2.05) is 36.9 Å². The fourth-order valence-corrected chi connectivity index (χ4v) is 2.57. The molecule has 1 unspecified atom stereocenters. The van der Waals surface area contributed by atoms with Crippen LogP contribution in [0.3, 0.4) is 0 Å². The summed E-state index contributed by atoms with van der Waals surface area (Å²) in [5.41, 5.74) is 3.18. The van der Waals surface area contributed by atoms with E-state index in [4.69, 9.17) is 0 Å². The monoisotopic (exact) mass is 274 g/mol. The Morgan fingerprint density at radius 2 is 2.15 bits per heavy atom. The Balaban J connectivity index is 1.94. The predicted molar refractivity (Wildman–Crippen MR) is 79.8 cm³/mol. The van der Waals surface area contributed by atoms with Crippen molar-refractivity contribution in [2.45, 2.75) is 39.2 Å². The number of nitrogens with one attached hydrogen (secondary N) is 1. The number of aryl methyl sites for hydroxylation is 2. The van der Waals surface area contributed by atoms with Crippen molar-refractivity contribution in [1.29, 1.82) is 0 Å². The number of nitrogens with zero attached hydrogens (tertiary/aromatic N) is 1. The zero-order valence-electron chi connectivity index (χ0n) is 12.2. The summed E-state index contributed by atoms with van der Waals surface area (Å²) in [5, 5.41) is 2.91. The molecule has 0 radical (unpaired) electrons. The van der Waals surface area contributed by atoms with Crippen LogP contribution in [0.5, 0.6) is 0 Å². The Labute approximate surface area is 120 Å². The molecule has 1 atom stereocenters. The fraction of sp³-hybridized carbons (Fsp3) is 0.500. The molecular formula is C16H22N2O2. The van der Waals surface area contributed by atoms with Crippen LogP contribution >= 0.6 is 0 Å². The van der Waals surface area contributed by atoms with Crippen molar-refractivity contribution in [3.05, 3.63) is 29.3 Å². The molecule has 2 rings (SSSR count). The first-order valence-electron chi connectivity index (χ1n) is 7.16. The Hall–Kier alpha value is -1.68. The summed E-state index contributed by atoms with van der Waals surface area (Å²) in [7, 11) is 0. The lowest BCUT2D eigenvalue weighted by Crippen LogP contribution is -2.44. The summed E-state index contributed by atoms with van der Waals surface area (Å²) in [6, 6.07) is 5.78. The van der Waals surface area contributed by atoms with Gasteiger partial charge in [0, 0.05) is 5.69 Å². The second-order valence-electron chi connectivity index (χ2n) is 5.52. The quantitative estimate of drug-likeness (QED) is 0.857. The Morgan fingerprint density at radius 3 is 2.85 bits per heavy atom. The van der Waals surface area contributed by atoms with E-state index >= 15 is 0 Å². The van der Waals surface area contributed by atoms with Gasteiger partial charge in [0.2, 0.25) is 5.91 Å². The highest BCUT2D eigenvalue weighted by molar-refractivity contribution is 5.92. The van der Waals surface area contributed by atoms with E-state index in [9.17, 15) is 9.59 Å². The van der Waals surface area contributed by atoms with Gasteiger partial charge in [-0.25, -0.2) is 0 Å². The number of hydrogen-bond donors (Lipinski definition) is 1. The van der Waals surface area contributed by atoms with Crippen molar-refractivity contribution in [3.8, 4) is 0 Å². The zero-order chi connectivity index (χ0) is 14.5. The van der Waals surface area contributed by atoms with Gasteiger partial charge in [-0.2, -0.15) is 0 Å². The molecule has 4 nitrogen and oxygen atoms in total. The SMILES string of the molecule is Cc1ccc(NC(=O)CN2CCCCC2C=O)cc1C. The minimum Gasteiger partial charge on any atom is -0.325 e. The van der Waals surface area contributed by atoms with Crippen LogP contribution < -0.4 is 5.32 Å². The minimum absolute atomic E-state index is 0.0537. The van der Waals surface area contributed by atoms with Crippen LogP contribution in [0.2, 0.25) is 0 Å². The van der Waals surface area contributed by atoms with Crippen LogP contribution in [0.4, 0.5) is 5.69 Å². The van der Waals surface area contributed by atoms with E-state index in [1.54, 1.807) is 0 Å². The predicted octanol–water partition coefficient (Wildman–Crippen LogP) is 2.30. The Bertz CT molecular complexity index is 499. The number of carbonyl (C=O) groups excluding carboxylic acids is 2. The van der Waals surface area contributed by atoms with Crippen LogP contribution in [-0.4, -0.2) is 36.2 Å². The molecule has 1 aromatic carbocycles. The molecule has 4 heteroatoms. The lowest BCUT2D eigenvalue weighted by atomic mass is 10.0. The summed E-state index contributed by atoms with van der Waals surface area (Å²) in [6.07, 6.45) is 3.95. The van der Waals surface area contributed by atoms with E-state index in [1.165, 1.54) is 5.56 Å². The van der Waals surface area contributed by atoms with Gasteiger partial charge in [-0.05, 0) is 56.5 Å². The third-order valence-electron chi connectivity index (χ3n) is 3.96. The highest BCUT2D eigenvalue weighted by atomic mass is 16.2. The molecule has 0 spiro atoms. The third-order valence-corrected chi connectivity index (χ3v) is 3.96. The third kappa shape index (κ3) is 3.67. The van der Waals surface area contributed by atoms with Crippen molar-refractivity contribution in [2.75, 3.05) is 18.4 Å². The topological polar surface area (TPSA) is 49.4 Å². The number of carbonyl (C=O) groups is 2. The highest BCUT2D eigenvalue weighted by Crippen LogP contribution is 2.16. The Morgan fingerprint density at radius 1 is 1.35 bits per heavy atom. The van der Waals surface area contributed by atoms with Gasteiger partial charge in [0.15, 0.2) is 0 Å². The van der Waals surface area contributed by atoms with Crippen LogP contribution in [0.1, 0.15) is 30.4 Å². The smallest absolute Gasteiger partial charge is 0.238 e. The van der Waals surface area contributed by atoms with Crippen LogP contribution in [0, 0.1) is 13.8 Å². The first kappa shape index (κ1) is 14.7. The van der Waals surface area contributed by atoms with E-state index in [0.29, 0.717) is 0 Å². The zero-order valence-corrected chi connectivity index (χ0v) is 12.2. The van der Waals surface area contributed by atoms with Gasteiger partial charge in [0.1, 0.15) is 6.29 Å². The maximum absolute atomic E-state index is 12.1. The van der Waals surface area contributed by atoms with Crippen molar-refractivity contribution >= 4 is 17.9 Å². The van der Waals surface area contributed by atoms with E-state index in [-0.39, 0.29) is 18.5 Å². The molecule has 108 valence electrons. The molecular weight excluding hydrogens is 252 g/mol. The highest BCUT2D eigenvalue weighted by Gasteiger charge is 2.23. The largest absolute Gasteiger partial charge is 0.325 e. The minimum atomic E-state index is -0.103. The fourth-order valence-electron chi connectivity index (χ4n) is 2.57. The second kappa shape index (κ2) is 6.66. The van der Waals surface area contributed by atoms with Crippen molar-refractivity contribution in [2.24, 2.45) is 0 Å². The standard InChI is InChI=1S/C16H22N2O2/c1-12-6-7-14(9-13(12)2)17-16(20)10-18-8-4-3-5-15(18)11-19/h6-7,9,11,15H,3-5,8,10H2,1-2H3,(H,17,20). The van der Waals surface area contributed by atoms with Gasteiger partial charge >= 0.3 is 0 Å². The summed E-state index contributed by atoms with van der Waals surface area (Å²) >= 11 is 0. The van der Waals surface area contributed by atoms with E-state index in [2.05, 4.69) is 5.32 Å². The number of rotatable bonds is 4. The normalized spacial score (nSPS) is 19.6. The number of piperidine rings is 1. The van der Waals surface area contributed by atoms with Crippen molar-refractivity contribution in [1.82, 2.24) is 4.90 Å². The molecule has 1 saturated heterocycles.